The maximum atomic E-state index is 12.4. The van der Waals surface area contributed by atoms with Crippen LogP contribution in [0.15, 0.2) is 47.7 Å². The van der Waals surface area contributed by atoms with E-state index in [1.165, 1.54) is 22.7 Å². The van der Waals surface area contributed by atoms with Gasteiger partial charge in [-0.05, 0) is 11.5 Å². The lowest BCUT2D eigenvalue weighted by Gasteiger charge is -2.22. The molecular weight excluding hydrogens is 342 g/mol. The van der Waals surface area contributed by atoms with Crippen LogP contribution in [0.5, 0.6) is 0 Å². The minimum absolute atomic E-state index is 0.0743. The fourth-order valence-electron chi connectivity index (χ4n) is 3.20. The van der Waals surface area contributed by atoms with E-state index in [0.717, 1.165) is 0 Å². The summed E-state index contributed by atoms with van der Waals surface area (Å²) in [4.78, 5) is 29.0. The van der Waals surface area contributed by atoms with E-state index < -0.39 is 0 Å². The molecule has 0 spiro atoms. The highest BCUT2D eigenvalue weighted by Crippen LogP contribution is 2.23. The largest absolute Gasteiger partial charge is 0.355 e. The first-order chi connectivity index (χ1) is 13.0. The van der Waals surface area contributed by atoms with Crippen LogP contribution in [-0.2, 0) is 18.4 Å². The van der Waals surface area contributed by atoms with Crippen molar-refractivity contribution in [1.29, 1.82) is 0 Å². The topological polar surface area (TPSA) is 81.8 Å². The molecule has 3 aromatic rings. The van der Waals surface area contributed by atoms with E-state index in [4.69, 9.17) is 0 Å². The van der Waals surface area contributed by atoms with Gasteiger partial charge in [0.2, 0.25) is 5.91 Å². The summed E-state index contributed by atoms with van der Waals surface area (Å²) in [5.74, 6) is 0.591. The molecule has 0 aliphatic heterocycles. The van der Waals surface area contributed by atoms with Crippen molar-refractivity contribution >= 4 is 16.9 Å². The zero-order valence-electron chi connectivity index (χ0n) is 15.9. The predicted octanol–water partition coefficient (Wildman–Crippen LogP) is 2.08. The van der Waals surface area contributed by atoms with Gasteiger partial charge in [-0.1, -0.05) is 44.2 Å². The molecule has 0 saturated carbocycles. The van der Waals surface area contributed by atoms with Crippen molar-refractivity contribution in [3.63, 3.8) is 0 Å². The van der Waals surface area contributed by atoms with Crippen LogP contribution >= 0.6 is 0 Å². The Bertz CT molecular complexity index is 975. The van der Waals surface area contributed by atoms with E-state index in [0.29, 0.717) is 30.0 Å². The van der Waals surface area contributed by atoms with Gasteiger partial charge in [0.05, 0.1) is 12.5 Å². The summed E-state index contributed by atoms with van der Waals surface area (Å²) in [6, 6.07) is 10.2. The number of aryl methyl sites for hydroxylation is 2. The van der Waals surface area contributed by atoms with E-state index in [2.05, 4.69) is 41.4 Å². The van der Waals surface area contributed by atoms with Crippen LogP contribution < -0.4 is 10.9 Å². The lowest BCUT2D eigenvalue weighted by molar-refractivity contribution is -0.121. The molecule has 142 valence electrons. The Hall–Kier alpha value is -2.96. The standard InChI is InChI=1S/C20H25N5O2/c1-14(2)16(15-7-5-4-6-8-15)11-21-18(26)9-10-25-13-22-19-17(20(25)27)12-23-24(19)3/h4-8,12-14,16H,9-11H2,1-3H3,(H,21,26)/t16-/m0/s1. The van der Waals surface area contributed by atoms with Gasteiger partial charge in [-0.15, -0.1) is 0 Å². The molecule has 0 fully saturated rings. The third-order valence-electron chi connectivity index (χ3n) is 4.85. The number of benzene rings is 1. The van der Waals surface area contributed by atoms with Gasteiger partial charge in [-0.2, -0.15) is 5.10 Å². The van der Waals surface area contributed by atoms with Gasteiger partial charge in [-0.25, -0.2) is 4.98 Å². The number of fused-ring (bicyclic) bond motifs is 1. The Balaban J connectivity index is 1.60. The average Bonchev–Trinajstić information content (AvgIpc) is 3.04. The van der Waals surface area contributed by atoms with Crippen molar-refractivity contribution < 1.29 is 4.79 Å². The van der Waals surface area contributed by atoms with Gasteiger partial charge in [0.15, 0.2) is 5.65 Å². The predicted molar refractivity (Wildman–Crippen MR) is 104 cm³/mol. The fourth-order valence-corrected chi connectivity index (χ4v) is 3.20. The van der Waals surface area contributed by atoms with Gasteiger partial charge in [-0.3, -0.25) is 18.8 Å². The third kappa shape index (κ3) is 4.24. The van der Waals surface area contributed by atoms with Crippen molar-refractivity contribution in [2.45, 2.75) is 32.7 Å². The van der Waals surface area contributed by atoms with E-state index in [9.17, 15) is 9.59 Å². The van der Waals surface area contributed by atoms with Crippen LogP contribution in [0, 0.1) is 5.92 Å². The second-order valence-electron chi connectivity index (χ2n) is 7.06. The highest BCUT2D eigenvalue weighted by molar-refractivity contribution is 5.76. The zero-order chi connectivity index (χ0) is 19.4. The molecule has 1 aromatic carbocycles. The van der Waals surface area contributed by atoms with Crippen molar-refractivity contribution in [1.82, 2.24) is 24.6 Å². The second-order valence-corrected chi connectivity index (χ2v) is 7.06. The minimum atomic E-state index is -0.176. The van der Waals surface area contributed by atoms with Gasteiger partial charge in [0.1, 0.15) is 5.39 Å². The number of aromatic nitrogens is 4. The zero-order valence-corrected chi connectivity index (χ0v) is 15.9. The summed E-state index contributed by atoms with van der Waals surface area (Å²) in [6.45, 7) is 5.17. The Morgan fingerprint density at radius 3 is 2.67 bits per heavy atom. The number of nitrogens with one attached hydrogen (secondary N) is 1. The van der Waals surface area contributed by atoms with Gasteiger partial charge >= 0.3 is 0 Å². The fraction of sp³-hybridized carbons (Fsp3) is 0.400. The van der Waals surface area contributed by atoms with Gasteiger partial charge in [0, 0.05) is 32.5 Å². The molecule has 0 aliphatic carbocycles. The SMILES string of the molecule is CC(C)[C@H](CNC(=O)CCn1cnc2c(cnn2C)c1=O)c1ccccc1. The normalized spacial score (nSPS) is 12.4. The lowest BCUT2D eigenvalue weighted by Crippen LogP contribution is -2.32. The van der Waals surface area contributed by atoms with Crippen molar-refractivity contribution in [3.05, 3.63) is 58.8 Å². The highest BCUT2D eigenvalue weighted by atomic mass is 16.1. The number of nitrogens with zero attached hydrogens (tertiary/aromatic N) is 4. The Labute approximate surface area is 158 Å². The summed E-state index contributed by atoms with van der Waals surface area (Å²) in [5, 5.41) is 7.51. The van der Waals surface area contributed by atoms with E-state index in [1.807, 2.05) is 18.2 Å². The summed E-state index contributed by atoms with van der Waals surface area (Å²) < 4.78 is 3.02. The number of rotatable bonds is 7. The van der Waals surface area contributed by atoms with Crippen LogP contribution in [0.2, 0.25) is 0 Å². The summed E-state index contributed by atoms with van der Waals surface area (Å²) in [5.41, 5.74) is 1.59. The Kier molecular flexibility index (Phi) is 5.69. The number of amides is 1. The molecule has 1 atom stereocenters. The van der Waals surface area contributed by atoms with E-state index >= 15 is 0 Å². The van der Waals surface area contributed by atoms with Gasteiger partial charge < -0.3 is 5.32 Å². The molecule has 0 saturated heterocycles. The molecule has 2 aromatic heterocycles. The highest BCUT2D eigenvalue weighted by Gasteiger charge is 2.17. The Morgan fingerprint density at radius 2 is 1.96 bits per heavy atom. The first kappa shape index (κ1) is 18.8. The number of hydrogen-bond acceptors (Lipinski definition) is 4. The Morgan fingerprint density at radius 1 is 1.22 bits per heavy atom. The van der Waals surface area contributed by atoms with Crippen molar-refractivity contribution in [3.8, 4) is 0 Å². The molecule has 3 rings (SSSR count). The molecule has 7 heteroatoms. The van der Waals surface area contributed by atoms with E-state index in [1.54, 1.807) is 11.7 Å². The molecule has 2 heterocycles. The average molecular weight is 367 g/mol. The smallest absolute Gasteiger partial charge is 0.264 e. The molecule has 0 aliphatic rings. The first-order valence-corrected chi connectivity index (χ1v) is 9.16. The number of hydrogen-bond donors (Lipinski definition) is 1. The lowest BCUT2D eigenvalue weighted by atomic mass is 9.88. The molecule has 1 amide bonds. The molecule has 27 heavy (non-hydrogen) atoms. The minimum Gasteiger partial charge on any atom is -0.355 e. The summed E-state index contributed by atoms with van der Waals surface area (Å²) in [7, 11) is 1.74. The van der Waals surface area contributed by atoms with Crippen LogP contribution in [-0.4, -0.2) is 31.8 Å². The maximum absolute atomic E-state index is 12.4. The molecule has 1 N–H and O–H groups in total. The summed E-state index contributed by atoms with van der Waals surface area (Å²) >= 11 is 0. The molecule has 0 bridgehead atoms. The van der Waals surface area contributed by atoms with Crippen LogP contribution in [0.4, 0.5) is 0 Å². The molecule has 0 unspecified atom stereocenters. The van der Waals surface area contributed by atoms with Crippen LogP contribution in [0.1, 0.15) is 31.7 Å². The maximum Gasteiger partial charge on any atom is 0.264 e. The molecule has 7 nitrogen and oxygen atoms in total. The van der Waals surface area contributed by atoms with Crippen molar-refractivity contribution in [2.75, 3.05) is 6.54 Å². The van der Waals surface area contributed by atoms with Crippen molar-refractivity contribution in [2.24, 2.45) is 13.0 Å². The third-order valence-corrected chi connectivity index (χ3v) is 4.85. The quantitative estimate of drug-likeness (QED) is 0.693. The summed E-state index contributed by atoms with van der Waals surface area (Å²) in [6.07, 6.45) is 3.21. The number of carbonyl (C=O) groups excluding carboxylic acids is 1. The molecule has 0 radical (unpaired) electrons. The van der Waals surface area contributed by atoms with Crippen LogP contribution in [0.3, 0.4) is 0 Å². The monoisotopic (exact) mass is 367 g/mol. The first-order valence-electron chi connectivity index (χ1n) is 9.16. The van der Waals surface area contributed by atoms with Crippen LogP contribution in [0.25, 0.3) is 11.0 Å². The van der Waals surface area contributed by atoms with E-state index in [-0.39, 0.29) is 23.8 Å². The molecular formula is C20H25N5O2. The second kappa shape index (κ2) is 8.16. The number of carbonyl (C=O) groups is 1. The van der Waals surface area contributed by atoms with Gasteiger partial charge in [0.25, 0.3) is 5.56 Å².